The highest BCUT2D eigenvalue weighted by molar-refractivity contribution is 6.29. The van der Waals surface area contributed by atoms with Crippen LogP contribution in [0.2, 0.25) is 0 Å². The fourth-order valence-electron chi connectivity index (χ4n) is 5.54. The average molecular weight is 581 g/mol. The topological polar surface area (TPSA) is 141 Å². The van der Waals surface area contributed by atoms with Crippen LogP contribution in [0.5, 0.6) is 0 Å². The Kier molecular flexibility index (Phi) is 7.21. The van der Waals surface area contributed by atoms with Crippen molar-refractivity contribution in [3.05, 3.63) is 162 Å². The van der Waals surface area contributed by atoms with E-state index in [1.807, 2.05) is 24.3 Å². The Bertz CT molecular complexity index is 2290. The molecule has 0 saturated carbocycles. The smallest absolute Gasteiger partial charge is 0.239 e. The fraction of sp³-hybridized carbons (Fsp3) is 0. The number of hydrogen-bond acceptors (Lipinski definition) is 5. The summed E-state index contributed by atoms with van der Waals surface area (Å²) in [6, 6.07) is 21.3. The monoisotopic (exact) mass is 580 g/mol. The summed E-state index contributed by atoms with van der Waals surface area (Å²) >= 11 is 0. The molecule has 0 aliphatic heterocycles. The molecule has 0 radical (unpaired) electrons. The van der Waals surface area contributed by atoms with Gasteiger partial charge in [-0.25, -0.2) is 34.7 Å². The van der Waals surface area contributed by atoms with Crippen molar-refractivity contribution in [1.82, 2.24) is 0 Å². The highest BCUT2D eigenvalue weighted by atomic mass is 14.7. The number of nitriles is 5. The molecule has 3 aromatic rings. The molecule has 10 heteroatoms. The van der Waals surface area contributed by atoms with E-state index < -0.39 is 0 Å². The second kappa shape index (κ2) is 11.4. The molecule has 46 heavy (non-hydrogen) atoms. The molecule has 0 atom stereocenters. The van der Waals surface area contributed by atoms with Gasteiger partial charge in [0.1, 0.15) is 6.07 Å². The Morgan fingerprint density at radius 3 is 1.46 bits per heavy atom. The maximum Gasteiger partial charge on any atom is 0.270 e. The molecule has 0 N–H and O–H groups in total. The van der Waals surface area contributed by atoms with Crippen molar-refractivity contribution in [2.24, 2.45) is 0 Å². The van der Waals surface area contributed by atoms with Gasteiger partial charge < -0.3 is 0 Å². The van der Waals surface area contributed by atoms with E-state index in [0.29, 0.717) is 0 Å². The van der Waals surface area contributed by atoms with Gasteiger partial charge >= 0.3 is 0 Å². The van der Waals surface area contributed by atoms with Crippen molar-refractivity contribution in [3.63, 3.8) is 0 Å². The van der Waals surface area contributed by atoms with Crippen LogP contribution >= 0.6 is 0 Å². The van der Waals surface area contributed by atoms with Crippen LogP contribution in [0.1, 0.15) is 44.5 Å². The van der Waals surface area contributed by atoms with Gasteiger partial charge in [0.2, 0.25) is 5.70 Å². The summed E-state index contributed by atoms with van der Waals surface area (Å²) in [5.74, 6) is 0. The molecule has 3 aromatic carbocycles. The second-order valence-electron chi connectivity index (χ2n) is 9.52. The minimum atomic E-state index is -0.380. The average Bonchev–Trinajstić information content (AvgIpc) is 3.59. The van der Waals surface area contributed by atoms with Gasteiger partial charge in [-0.05, 0) is 68.8 Å². The lowest BCUT2D eigenvalue weighted by molar-refractivity contribution is 1.43. The Morgan fingerprint density at radius 1 is 0.500 bits per heavy atom. The molecular weight excluding hydrogens is 572 g/mol. The van der Waals surface area contributed by atoms with Gasteiger partial charge in [-0.15, -0.1) is 0 Å². The van der Waals surface area contributed by atoms with E-state index >= 15 is 0 Å². The molecule has 0 heterocycles. The van der Waals surface area contributed by atoms with Crippen molar-refractivity contribution in [1.29, 1.82) is 26.3 Å². The van der Waals surface area contributed by atoms with Gasteiger partial charge in [-0.3, -0.25) is 0 Å². The lowest BCUT2D eigenvalue weighted by Crippen LogP contribution is -1.94. The van der Waals surface area contributed by atoms with Crippen LogP contribution in [-0.4, -0.2) is 0 Å². The summed E-state index contributed by atoms with van der Waals surface area (Å²) in [5.41, 5.74) is 1.60. The first-order valence-electron chi connectivity index (χ1n) is 12.7. The molecule has 0 spiro atoms. The molecule has 0 bridgehead atoms. The Labute approximate surface area is 262 Å². The van der Waals surface area contributed by atoms with Crippen LogP contribution < -0.4 is 0 Å². The molecule has 5 rings (SSSR count). The molecule has 0 amide bonds. The fourth-order valence-corrected chi connectivity index (χ4v) is 5.54. The zero-order chi connectivity index (χ0) is 33.1. The van der Waals surface area contributed by atoms with Crippen molar-refractivity contribution in [2.75, 3.05) is 0 Å². The van der Waals surface area contributed by atoms with E-state index in [4.69, 9.17) is 32.9 Å². The zero-order valence-corrected chi connectivity index (χ0v) is 23.1. The van der Waals surface area contributed by atoms with Gasteiger partial charge in [0.05, 0.1) is 73.8 Å². The molecular formula is C36H8N10. The summed E-state index contributed by atoms with van der Waals surface area (Å²) in [4.78, 5) is 17.4. The molecule has 0 unspecified atom stereocenters. The van der Waals surface area contributed by atoms with E-state index in [0.717, 1.165) is 0 Å². The van der Waals surface area contributed by atoms with Gasteiger partial charge in [0.25, 0.3) is 11.4 Å². The SMILES string of the molecule is [C-]#[N+]C1=C(c2cc([N+]#[C-])cc([N+]#[C-])c2)/C(=C(/C#N)[N+]#[C-])c2cc3c(cc21)/C(=C(/C#N)[N+]#[C-])C(c1cc(C#N)cc(C#N)c1)=C3C#N. The van der Waals surface area contributed by atoms with E-state index in [-0.39, 0.29) is 101 Å². The molecule has 2 aliphatic rings. The van der Waals surface area contributed by atoms with Crippen molar-refractivity contribution < 1.29 is 0 Å². The second-order valence-corrected chi connectivity index (χ2v) is 9.52. The zero-order valence-electron chi connectivity index (χ0n) is 23.1. The Balaban J connectivity index is 1.96. The normalized spacial score (nSPS) is 14.2. The number of nitrogens with zero attached hydrogens (tertiary/aromatic N) is 10. The summed E-state index contributed by atoms with van der Waals surface area (Å²) < 4.78 is 0. The summed E-state index contributed by atoms with van der Waals surface area (Å²) in [5, 5.41) is 49.6. The largest absolute Gasteiger partial charge is 0.270 e. The summed E-state index contributed by atoms with van der Waals surface area (Å²) in [7, 11) is 0. The van der Waals surface area contributed by atoms with Gasteiger partial charge in [-0.2, -0.15) is 15.8 Å². The quantitative estimate of drug-likeness (QED) is 0.222. The number of benzene rings is 3. The lowest BCUT2D eigenvalue weighted by Gasteiger charge is -2.12. The predicted molar refractivity (Wildman–Crippen MR) is 165 cm³/mol. The number of rotatable bonds is 2. The lowest BCUT2D eigenvalue weighted by atomic mass is 9.91. The standard InChI is InChI=1S/C36H8N10/c1-42-23-9-22(10-24(11-23)43-2)33-35(31(18-41)45-4)27-12-25-26(13-28(27)36(33)46-5)34(30(17-40)44-3)32(29(25)16-39)21-7-19(14-37)6-20(8-21)15-38/h6-13H/b34-30+,35-31-. The number of fused-ring (bicyclic) bond motifs is 2. The van der Waals surface area contributed by atoms with E-state index in [1.54, 1.807) is 0 Å². The van der Waals surface area contributed by atoms with E-state index in [2.05, 4.69) is 30.3 Å². The third-order valence-electron chi connectivity index (χ3n) is 7.27. The van der Waals surface area contributed by atoms with E-state index in [9.17, 15) is 26.3 Å². The summed E-state index contributed by atoms with van der Waals surface area (Å²) in [6.07, 6.45) is 0. The third kappa shape index (κ3) is 4.27. The Hall–Kier alpha value is -8.48. The van der Waals surface area contributed by atoms with Crippen LogP contribution in [0, 0.1) is 89.5 Å². The van der Waals surface area contributed by atoms with Crippen molar-refractivity contribution in [2.45, 2.75) is 0 Å². The molecule has 2 aliphatic carbocycles. The van der Waals surface area contributed by atoms with Gasteiger partial charge in [0, 0.05) is 5.57 Å². The molecule has 0 saturated heterocycles. The van der Waals surface area contributed by atoms with Crippen molar-refractivity contribution in [3.8, 4) is 30.3 Å². The first kappa shape index (κ1) is 29.0. The molecule has 202 valence electrons. The van der Waals surface area contributed by atoms with E-state index in [1.165, 1.54) is 48.5 Å². The minimum absolute atomic E-state index is 0.00636. The van der Waals surface area contributed by atoms with Gasteiger partial charge in [-0.1, -0.05) is 29.8 Å². The first-order chi connectivity index (χ1) is 22.4. The minimum Gasteiger partial charge on any atom is -0.239 e. The Morgan fingerprint density at radius 2 is 1.00 bits per heavy atom. The maximum absolute atomic E-state index is 10.5. The van der Waals surface area contributed by atoms with Crippen LogP contribution in [0.25, 0.3) is 57.8 Å². The van der Waals surface area contributed by atoms with Crippen LogP contribution in [0.15, 0.2) is 59.9 Å². The van der Waals surface area contributed by atoms with Gasteiger partial charge in [0.15, 0.2) is 11.4 Å². The molecule has 10 nitrogen and oxygen atoms in total. The summed E-state index contributed by atoms with van der Waals surface area (Å²) in [6.45, 7) is 38.6. The maximum atomic E-state index is 10.5. The van der Waals surface area contributed by atoms with Crippen LogP contribution in [0.3, 0.4) is 0 Å². The first-order valence-corrected chi connectivity index (χ1v) is 12.7. The van der Waals surface area contributed by atoms with Crippen LogP contribution in [-0.2, 0) is 0 Å². The molecule has 0 fully saturated rings. The predicted octanol–water partition coefficient (Wildman–Crippen LogP) is 8.09. The number of hydrogen-bond donors (Lipinski definition) is 0. The van der Waals surface area contributed by atoms with Crippen molar-refractivity contribution >= 4 is 44.9 Å². The van der Waals surface area contributed by atoms with Crippen LogP contribution in [0.4, 0.5) is 11.4 Å². The molecule has 0 aromatic heterocycles. The highest BCUT2D eigenvalue weighted by Gasteiger charge is 2.37. The number of allylic oxidation sites excluding steroid dienone is 7. The third-order valence-corrected chi connectivity index (χ3v) is 7.27. The highest BCUT2D eigenvalue weighted by Crippen LogP contribution is 2.55.